The molecule has 3 aromatic rings. The molecule has 8 heteroatoms. The predicted octanol–water partition coefficient (Wildman–Crippen LogP) is 4.67. The number of nitrogens with zero attached hydrogens (tertiary/aromatic N) is 2. The summed E-state index contributed by atoms with van der Waals surface area (Å²) in [6, 6.07) is 16.2. The van der Waals surface area contributed by atoms with Crippen LogP contribution >= 0.6 is 0 Å². The van der Waals surface area contributed by atoms with E-state index in [4.69, 9.17) is 0 Å². The number of benzene rings is 3. The first kappa shape index (κ1) is 20.9. The number of anilines is 1. The van der Waals surface area contributed by atoms with Crippen molar-refractivity contribution in [3.8, 4) is 0 Å². The van der Waals surface area contributed by atoms with Crippen LogP contribution in [0.2, 0.25) is 0 Å². The lowest BCUT2D eigenvalue weighted by atomic mass is 9.95. The van der Waals surface area contributed by atoms with Gasteiger partial charge in [0.1, 0.15) is 11.6 Å². The molecule has 1 N–H and O–H groups in total. The SMILES string of the molecule is Cc1cccc(N2C(=O)C(=O)/C(=C(\O)c3ccc([N+](=O)[O-])cc3)C2c2ccc(F)cc2)c1. The average molecular weight is 432 g/mol. The molecule has 160 valence electrons. The monoisotopic (exact) mass is 432 g/mol. The molecular formula is C24H17FN2O5. The largest absolute Gasteiger partial charge is 0.507 e. The standard InChI is InChI=1S/C24H17FN2O5/c1-14-3-2-4-19(13-14)26-21(15-5-9-17(25)10-6-15)20(23(29)24(26)30)22(28)16-7-11-18(12-8-16)27(31)32/h2-13,21,28H,1H3/b22-20-. The highest BCUT2D eigenvalue weighted by Crippen LogP contribution is 2.42. The molecule has 0 aliphatic carbocycles. The van der Waals surface area contributed by atoms with Crippen molar-refractivity contribution in [3.63, 3.8) is 0 Å². The van der Waals surface area contributed by atoms with Gasteiger partial charge >= 0.3 is 0 Å². The van der Waals surface area contributed by atoms with E-state index in [1.807, 2.05) is 13.0 Å². The molecule has 7 nitrogen and oxygen atoms in total. The number of Topliss-reactive ketones (excluding diaryl/α,β-unsaturated/α-hetero) is 1. The Hall–Kier alpha value is -4.33. The highest BCUT2D eigenvalue weighted by molar-refractivity contribution is 6.51. The van der Waals surface area contributed by atoms with Crippen LogP contribution in [0.5, 0.6) is 0 Å². The zero-order valence-corrected chi connectivity index (χ0v) is 16.9. The third-order valence-electron chi connectivity index (χ3n) is 5.26. The number of aliphatic hydroxyl groups is 1. The van der Waals surface area contributed by atoms with E-state index in [1.165, 1.54) is 53.4 Å². The number of nitro benzene ring substituents is 1. The van der Waals surface area contributed by atoms with Crippen molar-refractivity contribution in [1.29, 1.82) is 0 Å². The number of halogens is 1. The van der Waals surface area contributed by atoms with Gasteiger partial charge in [-0.3, -0.25) is 24.6 Å². The number of nitro groups is 1. The molecule has 1 fully saturated rings. The molecule has 0 aromatic heterocycles. The van der Waals surface area contributed by atoms with Gasteiger partial charge in [-0.15, -0.1) is 0 Å². The first-order valence-electron chi connectivity index (χ1n) is 9.66. The van der Waals surface area contributed by atoms with Crippen LogP contribution in [0.4, 0.5) is 15.8 Å². The van der Waals surface area contributed by atoms with Crippen LogP contribution in [0, 0.1) is 22.9 Å². The van der Waals surface area contributed by atoms with Gasteiger partial charge in [-0.25, -0.2) is 4.39 Å². The highest BCUT2D eigenvalue weighted by Gasteiger charge is 2.47. The number of aryl methyl sites for hydroxylation is 1. The molecule has 1 atom stereocenters. The lowest BCUT2D eigenvalue weighted by molar-refractivity contribution is -0.384. The second kappa shape index (κ2) is 8.07. The molecule has 0 bridgehead atoms. The normalized spacial score (nSPS) is 17.6. The Bertz CT molecular complexity index is 1270. The number of amides is 1. The topological polar surface area (TPSA) is 101 Å². The van der Waals surface area contributed by atoms with Crippen LogP contribution < -0.4 is 4.90 Å². The minimum Gasteiger partial charge on any atom is -0.507 e. The lowest BCUT2D eigenvalue weighted by Crippen LogP contribution is -2.29. The molecule has 0 radical (unpaired) electrons. The predicted molar refractivity (Wildman–Crippen MR) is 115 cm³/mol. The summed E-state index contributed by atoms with van der Waals surface area (Å²) in [7, 11) is 0. The maximum Gasteiger partial charge on any atom is 0.300 e. The Morgan fingerprint density at radius 3 is 2.28 bits per heavy atom. The minimum absolute atomic E-state index is 0.143. The molecule has 0 spiro atoms. The summed E-state index contributed by atoms with van der Waals surface area (Å²) in [6.45, 7) is 1.84. The zero-order chi connectivity index (χ0) is 23.0. The van der Waals surface area contributed by atoms with E-state index in [2.05, 4.69) is 0 Å². The van der Waals surface area contributed by atoms with Crippen LogP contribution in [0.15, 0.2) is 78.4 Å². The Labute approximate surface area is 182 Å². The Kier molecular flexibility index (Phi) is 5.28. The Morgan fingerprint density at radius 2 is 1.69 bits per heavy atom. The minimum atomic E-state index is -1.01. The summed E-state index contributed by atoms with van der Waals surface area (Å²) in [5, 5.41) is 21.9. The van der Waals surface area contributed by atoms with E-state index >= 15 is 0 Å². The van der Waals surface area contributed by atoms with Crippen LogP contribution in [0.1, 0.15) is 22.7 Å². The fraction of sp³-hybridized carbons (Fsp3) is 0.0833. The maximum absolute atomic E-state index is 13.6. The third kappa shape index (κ3) is 3.62. The van der Waals surface area contributed by atoms with E-state index in [1.54, 1.807) is 18.2 Å². The number of aliphatic hydroxyl groups excluding tert-OH is 1. The molecule has 32 heavy (non-hydrogen) atoms. The molecule has 1 aliphatic rings. The molecule has 1 aliphatic heterocycles. The number of carbonyl (C=O) groups excluding carboxylic acids is 2. The van der Waals surface area contributed by atoms with Gasteiger partial charge in [0.05, 0.1) is 16.5 Å². The van der Waals surface area contributed by atoms with Crippen molar-refractivity contribution in [2.45, 2.75) is 13.0 Å². The van der Waals surface area contributed by atoms with Gasteiger partial charge < -0.3 is 5.11 Å². The van der Waals surface area contributed by atoms with E-state index < -0.39 is 34.2 Å². The quantitative estimate of drug-likeness (QED) is 0.212. The summed E-state index contributed by atoms with van der Waals surface area (Å²) in [4.78, 5) is 37.6. The van der Waals surface area contributed by atoms with Crippen molar-refractivity contribution in [3.05, 3.63) is 111 Å². The van der Waals surface area contributed by atoms with Crippen molar-refractivity contribution < 1.29 is 24.0 Å². The summed E-state index contributed by atoms with van der Waals surface area (Å²) in [5.74, 6) is -2.70. The fourth-order valence-corrected chi connectivity index (χ4v) is 3.73. The molecular weight excluding hydrogens is 415 g/mol. The smallest absolute Gasteiger partial charge is 0.300 e. The summed E-state index contributed by atoms with van der Waals surface area (Å²) in [5.41, 5.74) is 1.51. The molecule has 0 saturated carbocycles. The number of non-ortho nitro benzene ring substituents is 1. The highest BCUT2D eigenvalue weighted by atomic mass is 19.1. The summed E-state index contributed by atoms with van der Waals surface area (Å²) in [6.07, 6.45) is 0. The van der Waals surface area contributed by atoms with Crippen LogP contribution in [0.3, 0.4) is 0 Å². The summed E-state index contributed by atoms with van der Waals surface area (Å²) < 4.78 is 13.6. The lowest BCUT2D eigenvalue weighted by Gasteiger charge is -2.25. The second-order valence-corrected chi connectivity index (χ2v) is 7.36. The van der Waals surface area contributed by atoms with E-state index in [9.17, 15) is 29.2 Å². The first-order valence-corrected chi connectivity index (χ1v) is 9.66. The Morgan fingerprint density at radius 1 is 1.03 bits per heavy atom. The van der Waals surface area contributed by atoms with Crippen LogP contribution in [0.25, 0.3) is 5.76 Å². The molecule has 4 rings (SSSR count). The van der Waals surface area contributed by atoms with Gasteiger partial charge in [0.2, 0.25) is 0 Å². The zero-order valence-electron chi connectivity index (χ0n) is 16.9. The molecule has 1 saturated heterocycles. The molecule has 1 amide bonds. The fourth-order valence-electron chi connectivity index (χ4n) is 3.73. The van der Waals surface area contributed by atoms with Gasteiger partial charge in [0.25, 0.3) is 17.4 Å². The van der Waals surface area contributed by atoms with E-state index in [0.717, 1.165) is 5.56 Å². The molecule has 1 unspecified atom stereocenters. The first-order chi connectivity index (χ1) is 15.3. The number of rotatable bonds is 4. The van der Waals surface area contributed by atoms with Gasteiger partial charge in [-0.05, 0) is 54.4 Å². The molecule has 1 heterocycles. The van der Waals surface area contributed by atoms with E-state index in [-0.39, 0.29) is 16.8 Å². The van der Waals surface area contributed by atoms with Gasteiger partial charge in [-0.2, -0.15) is 0 Å². The number of carbonyl (C=O) groups is 2. The van der Waals surface area contributed by atoms with Crippen LogP contribution in [-0.4, -0.2) is 21.7 Å². The average Bonchev–Trinajstić information content (AvgIpc) is 3.04. The molecule has 3 aromatic carbocycles. The van der Waals surface area contributed by atoms with Gasteiger partial charge in [0, 0.05) is 23.4 Å². The second-order valence-electron chi connectivity index (χ2n) is 7.36. The third-order valence-corrected chi connectivity index (χ3v) is 5.26. The van der Waals surface area contributed by atoms with Gasteiger partial charge in [-0.1, -0.05) is 24.3 Å². The van der Waals surface area contributed by atoms with Gasteiger partial charge in [0.15, 0.2) is 0 Å². The van der Waals surface area contributed by atoms with Crippen molar-refractivity contribution in [2.75, 3.05) is 4.90 Å². The number of hydrogen-bond acceptors (Lipinski definition) is 5. The van der Waals surface area contributed by atoms with Crippen molar-refractivity contribution in [1.82, 2.24) is 0 Å². The van der Waals surface area contributed by atoms with Crippen molar-refractivity contribution >= 4 is 28.8 Å². The number of hydrogen-bond donors (Lipinski definition) is 1. The number of ketones is 1. The van der Waals surface area contributed by atoms with Crippen molar-refractivity contribution in [2.24, 2.45) is 0 Å². The maximum atomic E-state index is 13.6. The van der Waals surface area contributed by atoms with E-state index in [0.29, 0.717) is 11.3 Å². The van der Waals surface area contributed by atoms with Crippen LogP contribution in [-0.2, 0) is 9.59 Å². The Balaban J connectivity index is 1.92. The summed E-state index contributed by atoms with van der Waals surface area (Å²) >= 11 is 0.